The number of benzene rings is 3. The second-order valence-electron chi connectivity index (χ2n) is 9.98. The molecule has 192 valence electrons. The van der Waals surface area contributed by atoms with Gasteiger partial charge in [-0.15, -0.1) is 0 Å². The van der Waals surface area contributed by atoms with Crippen LogP contribution in [0.1, 0.15) is 57.0 Å². The Balaban J connectivity index is 1.32. The summed E-state index contributed by atoms with van der Waals surface area (Å²) in [5, 5.41) is 14.8. The number of nitrogens with zero attached hydrogens (tertiary/aromatic N) is 1. The van der Waals surface area contributed by atoms with Gasteiger partial charge in [0.15, 0.2) is 0 Å². The summed E-state index contributed by atoms with van der Waals surface area (Å²) in [5.41, 5.74) is 7.79. The monoisotopic (exact) mass is 504 g/mol. The molecule has 0 spiro atoms. The fourth-order valence-electron chi connectivity index (χ4n) is 4.97. The van der Waals surface area contributed by atoms with Crippen LogP contribution in [0.3, 0.4) is 0 Å². The molecule has 2 atom stereocenters. The molecule has 0 aliphatic rings. The number of pyridine rings is 1. The maximum atomic E-state index is 13.2. The van der Waals surface area contributed by atoms with Crippen molar-refractivity contribution in [3.05, 3.63) is 136 Å². The Bertz CT molecular complexity index is 1570. The molecule has 2 heterocycles. The summed E-state index contributed by atoms with van der Waals surface area (Å²) in [4.78, 5) is 17.4. The van der Waals surface area contributed by atoms with E-state index in [4.69, 9.17) is 4.42 Å². The Kier molecular flexibility index (Phi) is 7.38. The zero-order valence-corrected chi connectivity index (χ0v) is 21.9. The molecule has 0 bridgehead atoms. The second-order valence-corrected chi connectivity index (χ2v) is 9.98. The Morgan fingerprint density at radius 3 is 2.50 bits per heavy atom. The molecule has 0 radical (unpaired) electrons. The molecule has 2 unspecified atom stereocenters. The Hall–Kier alpha value is -4.22. The summed E-state index contributed by atoms with van der Waals surface area (Å²) >= 11 is 0. The van der Waals surface area contributed by atoms with Crippen molar-refractivity contribution in [2.45, 2.75) is 45.8 Å². The average Bonchev–Trinajstić information content (AvgIpc) is 3.29. The van der Waals surface area contributed by atoms with E-state index in [0.717, 1.165) is 44.5 Å². The minimum atomic E-state index is -0.678. The van der Waals surface area contributed by atoms with Gasteiger partial charge in [0.25, 0.3) is 0 Å². The number of carbonyl (C=O) groups is 1. The van der Waals surface area contributed by atoms with Crippen LogP contribution >= 0.6 is 0 Å². The van der Waals surface area contributed by atoms with Crippen LogP contribution in [-0.2, 0) is 17.6 Å². The highest BCUT2D eigenvalue weighted by Gasteiger charge is 2.19. The molecule has 1 amide bonds. The summed E-state index contributed by atoms with van der Waals surface area (Å²) in [6.07, 6.45) is 1.64. The van der Waals surface area contributed by atoms with E-state index < -0.39 is 6.10 Å². The van der Waals surface area contributed by atoms with E-state index in [1.54, 1.807) is 6.20 Å². The van der Waals surface area contributed by atoms with Gasteiger partial charge in [-0.1, -0.05) is 60.2 Å². The number of nitrogens with one attached hydrogen (secondary N) is 1. The number of aliphatic hydroxyl groups is 1. The standard InChI is InChI=1S/C33H32N2O3/c1-21-9-11-29(22(2)15-21)33(25-7-5-4-6-8-25)35-32(37)18-24-10-12-31-27(17-24)19-28(38-31)20-30(36)26-13-14-34-23(3)16-26/h4-17,19,30,33,36H,18,20H2,1-3H3,(H,35,37). The molecule has 0 saturated heterocycles. The summed E-state index contributed by atoms with van der Waals surface area (Å²) in [6.45, 7) is 6.06. The van der Waals surface area contributed by atoms with E-state index in [2.05, 4.69) is 42.3 Å². The maximum absolute atomic E-state index is 13.2. The first-order valence-electron chi connectivity index (χ1n) is 12.9. The highest BCUT2D eigenvalue weighted by molar-refractivity contribution is 5.83. The number of aryl methyl sites for hydroxylation is 3. The third-order valence-corrected chi connectivity index (χ3v) is 6.87. The molecule has 38 heavy (non-hydrogen) atoms. The zero-order chi connectivity index (χ0) is 26.6. The lowest BCUT2D eigenvalue weighted by atomic mass is 9.93. The Labute approximate surface area is 223 Å². The van der Waals surface area contributed by atoms with E-state index in [0.29, 0.717) is 12.2 Å². The van der Waals surface area contributed by atoms with Crippen molar-refractivity contribution >= 4 is 16.9 Å². The molecule has 5 rings (SSSR count). The highest BCUT2D eigenvalue weighted by Crippen LogP contribution is 2.28. The van der Waals surface area contributed by atoms with E-state index >= 15 is 0 Å². The quantitative estimate of drug-likeness (QED) is 0.254. The van der Waals surface area contributed by atoms with E-state index in [1.807, 2.05) is 73.7 Å². The zero-order valence-electron chi connectivity index (χ0n) is 21.9. The van der Waals surface area contributed by atoms with Crippen molar-refractivity contribution < 1.29 is 14.3 Å². The van der Waals surface area contributed by atoms with Gasteiger partial charge < -0.3 is 14.8 Å². The topological polar surface area (TPSA) is 75.4 Å². The van der Waals surface area contributed by atoms with Crippen LogP contribution in [0.5, 0.6) is 0 Å². The number of furan rings is 1. The van der Waals surface area contributed by atoms with Gasteiger partial charge in [0.2, 0.25) is 5.91 Å². The number of hydrogen-bond acceptors (Lipinski definition) is 4. The minimum absolute atomic E-state index is 0.0506. The largest absolute Gasteiger partial charge is 0.461 e. The second kappa shape index (κ2) is 11.0. The van der Waals surface area contributed by atoms with E-state index in [1.165, 1.54) is 5.56 Å². The number of aromatic nitrogens is 1. The first-order chi connectivity index (χ1) is 18.4. The van der Waals surface area contributed by atoms with Gasteiger partial charge in [-0.25, -0.2) is 0 Å². The molecule has 2 aromatic heterocycles. The van der Waals surface area contributed by atoms with Gasteiger partial charge in [0.1, 0.15) is 11.3 Å². The van der Waals surface area contributed by atoms with Gasteiger partial charge in [0, 0.05) is 23.7 Å². The lowest BCUT2D eigenvalue weighted by Gasteiger charge is -2.22. The lowest BCUT2D eigenvalue weighted by Crippen LogP contribution is -2.31. The van der Waals surface area contributed by atoms with Gasteiger partial charge in [-0.3, -0.25) is 9.78 Å². The molecule has 0 fully saturated rings. The molecule has 3 aromatic carbocycles. The molecule has 0 aliphatic carbocycles. The van der Waals surface area contributed by atoms with Crippen LogP contribution in [0.25, 0.3) is 11.0 Å². The summed E-state index contributed by atoms with van der Waals surface area (Å²) in [7, 11) is 0. The van der Waals surface area contributed by atoms with E-state index in [-0.39, 0.29) is 18.4 Å². The number of hydrogen-bond donors (Lipinski definition) is 2. The summed E-state index contributed by atoms with van der Waals surface area (Å²) < 4.78 is 5.98. The third kappa shape index (κ3) is 5.84. The predicted molar refractivity (Wildman–Crippen MR) is 150 cm³/mol. The van der Waals surface area contributed by atoms with Gasteiger partial charge >= 0.3 is 0 Å². The Morgan fingerprint density at radius 2 is 1.74 bits per heavy atom. The van der Waals surface area contributed by atoms with Crippen LogP contribution in [0.4, 0.5) is 0 Å². The van der Waals surface area contributed by atoms with Crippen LogP contribution in [0.15, 0.2) is 95.5 Å². The van der Waals surface area contributed by atoms with Crippen LogP contribution in [-0.4, -0.2) is 16.0 Å². The predicted octanol–water partition coefficient (Wildman–Crippen LogP) is 6.48. The van der Waals surface area contributed by atoms with Crippen LogP contribution in [0, 0.1) is 20.8 Å². The van der Waals surface area contributed by atoms with Crippen LogP contribution in [0.2, 0.25) is 0 Å². The first-order valence-corrected chi connectivity index (χ1v) is 12.9. The van der Waals surface area contributed by atoms with Crippen molar-refractivity contribution in [1.82, 2.24) is 10.3 Å². The van der Waals surface area contributed by atoms with Crippen molar-refractivity contribution in [3.63, 3.8) is 0 Å². The number of carbonyl (C=O) groups excluding carboxylic acids is 1. The fraction of sp³-hybridized carbons (Fsp3) is 0.212. The van der Waals surface area contributed by atoms with E-state index in [9.17, 15) is 9.90 Å². The number of fused-ring (bicyclic) bond motifs is 1. The Morgan fingerprint density at radius 1 is 0.921 bits per heavy atom. The number of rotatable bonds is 8. The normalized spacial score (nSPS) is 12.8. The van der Waals surface area contributed by atoms with Gasteiger partial charge in [0.05, 0.1) is 18.6 Å². The molecule has 2 N–H and O–H groups in total. The van der Waals surface area contributed by atoms with Gasteiger partial charge in [-0.2, -0.15) is 0 Å². The molecule has 0 saturated carbocycles. The maximum Gasteiger partial charge on any atom is 0.225 e. The number of aliphatic hydroxyl groups excluding tert-OH is 1. The third-order valence-electron chi connectivity index (χ3n) is 6.87. The van der Waals surface area contributed by atoms with Gasteiger partial charge in [-0.05, 0) is 78.9 Å². The molecule has 0 aliphatic heterocycles. The lowest BCUT2D eigenvalue weighted by molar-refractivity contribution is -0.120. The first kappa shape index (κ1) is 25.4. The average molecular weight is 505 g/mol. The summed E-state index contributed by atoms with van der Waals surface area (Å²) in [5.74, 6) is 0.646. The fourth-order valence-corrected chi connectivity index (χ4v) is 4.97. The van der Waals surface area contributed by atoms with Crippen molar-refractivity contribution in [2.24, 2.45) is 0 Å². The molecular weight excluding hydrogens is 472 g/mol. The molecule has 5 aromatic rings. The summed E-state index contributed by atoms with van der Waals surface area (Å²) in [6, 6.07) is 27.6. The SMILES string of the molecule is Cc1ccc(C(NC(=O)Cc2ccc3oc(CC(O)c4ccnc(C)c4)cc3c2)c2ccccc2)c(C)c1. The van der Waals surface area contributed by atoms with Crippen molar-refractivity contribution in [1.29, 1.82) is 0 Å². The van der Waals surface area contributed by atoms with Crippen molar-refractivity contribution in [2.75, 3.05) is 0 Å². The van der Waals surface area contributed by atoms with Crippen LogP contribution < -0.4 is 5.32 Å². The number of amides is 1. The molecule has 5 nitrogen and oxygen atoms in total. The van der Waals surface area contributed by atoms with Crippen molar-refractivity contribution in [3.8, 4) is 0 Å². The highest BCUT2D eigenvalue weighted by atomic mass is 16.3. The minimum Gasteiger partial charge on any atom is -0.461 e. The molecular formula is C33H32N2O3. The smallest absolute Gasteiger partial charge is 0.225 e. The molecule has 5 heteroatoms.